The molecular formula is C15H21NO2S. The predicted octanol–water partition coefficient (Wildman–Crippen LogP) is 3.40. The Labute approximate surface area is 119 Å². The number of carbonyl (C=O) groups is 1. The Kier molecular flexibility index (Phi) is 5.58. The van der Waals surface area contributed by atoms with Crippen LogP contribution in [0.1, 0.15) is 36.5 Å². The van der Waals surface area contributed by atoms with Crippen LogP contribution in [0.15, 0.2) is 24.3 Å². The third kappa shape index (κ3) is 4.16. The maximum atomic E-state index is 12.1. The maximum absolute atomic E-state index is 12.1. The molecule has 1 saturated heterocycles. The summed E-state index contributed by atoms with van der Waals surface area (Å²) in [6.07, 6.45) is 3.48. The molecule has 1 aromatic carbocycles. The van der Waals surface area contributed by atoms with Gasteiger partial charge in [0.15, 0.2) is 0 Å². The van der Waals surface area contributed by atoms with Gasteiger partial charge in [0.2, 0.25) is 0 Å². The van der Waals surface area contributed by atoms with Crippen LogP contribution in [0.4, 0.5) is 0 Å². The fourth-order valence-corrected chi connectivity index (χ4v) is 2.94. The molecule has 0 unspecified atom stereocenters. The summed E-state index contributed by atoms with van der Waals surface area (Å²) in [7, 11) is 0. The van der Waals surface area contributed by atoms with Gasteiger partial charge in [-0.15, -0.1) is 11.8 Å². The third-order valence-electron chi connectivity index (χ3n) is 3.16. The van der Waals surface area contributed by atoms with E-state index in [1.807, 2.05) is 29.2 Å². The molecular weight excluding hydrogens is 258 g/mol. The number of hydrogen-bond acceptors (Lipinski definition) is 3. The zero-order chi connectivity index (χ0) is 13.5. The second-order valence-electron chi connectivity index (χ2n) is 4.69. The highest BCUT2D eigenvalue weighted by molar-refractivity contribution is 7.99. The van der Waals surface area contributed by atoms with E-state index >= 15 is 0 Å². The van der Waals surface area contributed by atoms with Crippen LogP contribution in [-0.2, 0) is 0 Å². The first-order valence-electron chi connectivity index (χ1n) is 6.91. The minimum atomic E-state index is 0.127. The van der Waals surface area contributed by atoms with Gasteiger partial charge < -0.3 is 9.64 Å². The molecule has 0 spiro atoms. The average Bonchev–Trinajstić information content (AvgIpc) is 2.98. The molecule has 3 nitrogen and oxygen atoms in total. The molecule has 19 heavy (non-hydrogen) atoms. The van der Waals surface area contributed by atoms with E-state index in [1.54, 1.807) is 11.8 Å². The van der Waals surface area contributed by atoms with Crippen molar-refractivity contribution in [2.45, 2.75) is 26.2 Å². The molecule has 1 fully saturated rings. The van der Waals surface area contributed by atoms with Gasteiger partial charge in [-0.3, -0.25) is 4.79 Å². The number of ether oxygens (including phenoxy) is 1. The number of nitrogens with zero attached hydrogens (tertiary/aromatic N) is 1. The molecule has 0 bridgehead atoms. The first-order chi connectivity index (χ1) is 9.31. The number of amides is 1. The summed E-state index contributed by atoms with van der Waals surface area (Å²) < 4.78 is 5.64. The van der Waals surface area contributed by atoms with E-state index < -0.39 is 0 Å². The second kappa shape index (κ2) is 7.43. The van der Waals surface area contributed by atoms with Gasteiger partial charge in [-0.1, -0.05) is 19.8 Å². The van der Waals surface area contributed by atoms with Gasteiger partial charge in [-0.2, -0.15) is 0 Å². The molecule has 2 rings (SSSR count). The lowest BCUT2D eigenvalue weighted by Gasteiger charge is -2.14. The Morgan fingerprint density at radius 3 is 2.74 bits per heavy atom. The average molecular weight is 279 g/mol. The first-order valence-corrected chi connectivity index (χ1v) is 8.06. The van der Waals surface area contributed by atoms with E-state index in [2.05, 4.69) is 6.92 Å². The molecule has 104 valence electrons. The van der Waals surface area contributed by atoms with Gasteiger partial charge in [-0.05, 0) is 30.7 Å². The van der Waals surface area contributed by atoms with Gasteiger partial charge >= 0.3 is 0 Å². The Hall–Kier alpha value is -1.16. The standard InChI is InChI=1S/C15H21NO2S/c1-2-3-4-10-18-14-7-5-13(6-8-14)15(17)16-9-11-19-12-16/h5-8H,2-4,9-12H2,1H3. The van der Waals surface area contributed by atoms with Gasteiger partial charge in [0.1, 0.15) is 5.75 Å². The highest BCUT2D eigenvalue weighted by atomic mass is 32.2. The number of unbranched alkanes of at least 4 members (excludes halogenated alkanes) is 2. The van der Waals surface area contributed by atoms with Crippen LogP contribution in [0.2, 0.25) is 0 Å². The van der Waals surface area contributed by atoms with Crippen LogP contribution < -0.4 is 4.74 Å². The molecule has 1 aliphatic rings. The van der Waals surface area contributed by atoms with E-state index in [1.165, 1.54) is 12.8 Å². The van der Waals surface area contributed by atoms with Gasteiger partial charge in [-0.25, -0.2) is 0 Å². The fourth-order valence-electron chi connectivity index (χ4n) is 1.99. The minimum absolute atomic E-state index is 0.127. The minimum Gasteiger partial charge on any atom is -0.494 e. The maximum Gasteiger partial charge on any atom is 0.254 e. The molecule has 0 atom stereocenters. The molecule has 0 aromatic heterocycles. The predicted molar refractivity (Wildman–Crippen MR) is 79.8 cm³/mol. The summed E-state index contributed by atoms with van der Waals surface area (Å²) in [4.78, 5) is 14.0. The third-order valence-corrected chi connectivity index (χ3v) is 4.12. The monoisotopic (exact) mass is 279 g/mol. The largest absolute Gasteiger partial charge is 0.494 e. The van der Waals surface area contributed by atoms with E-state index in [0.717, 1.165) is 42.5 Å². The molecule has 1 aromatic rings. The molecule has 1 heterocycles. The van der Waals surface area contributed by atoms with Gasteiger partial charge in [0.25, 0.3) is 5.91 Å². The number of carbonyl (C=O) groups excluding carboxylic acids is 1. The Bertz CT molecular complexity index is 399. The zero-order valence-electron chi connectivity index (χ0n) is 11.4. The van der Waals surface area contributed by atoms with Crippen molar-refractivity contribution in [1.82, 2.24) is 4.90 Å². The summed E-state index contributed by atoms with van der Waals surface area (Å²) in [6.45, 7) is 3.79. The van der Waals surface area contributed by atoms with Crippen LogP contribution >= 0.6 is 11.8 Å². The number of rotatable bonds is 6. The van der Waals surface area contributed by atoms with E-state index in [0.29, 0.717) is 0 Å². The first kappa shape index (κ1) is 14.3. The van der Waals surface area contributed by atoms with E-state index in [-0.39, 0.29) is 5.91 Å². The van der Waals surface area contributed by atoms with Crippen molar-refractivity contribution in [2.24, 2.45) is 0 Å². The van der Waals surface area contributed by atoms with E-state index in [9.17, 15) is 4.79 Å². The lowest BCUT2D eigenvalue weighted by molar-refractivity contribution is 0.0802. The SMILES string of the molecule is CCCCCOc1ccc(C(=O)N2CCSC2)cc1. The zero-order valence-corrected chi connectivity index (χ0v) is 12.2. The highest BCUT2D eigenvalue weighted by Crippen LogP contribution is 2.19. The van der Waals surface area contributed by atoms with Crippen LogP contribution in [-0.4, -0.2) is 35.6 Å². The van der Waals surface area contributed by atoms with Crippen molar-refractivity contribution in [3.8, 4) is 5.75 Å². The molecule has 0 aliphatic carbocycles. The molecule has 1 amide bonds. The number of benzene rings is 1. The van der Waals surface area contributed by atoms with Crippen molar-refractivity contribution < 1.29 is 9.53 Å². The summed E-state index contributed by atoms with van der Waals surface area (Å²) in [6, 6.07) is 7.51. The van der Waals surface area contributed by atoms with Gasteiger partial charge in [0.05, 0.1) is 12.5 Å². The second-order valence-corrected chi connectivity index (χ2v) is 5.76. The normalized spacial score (nSPS) is 14.7. The molecule has 0 radical (unpaired) electrons. The Morgan fingerprint density at radius 2 is 2.11 bits per heavy atom. The van der Waals surface area contributed by atoms with Crippen LogP contribution in [0.5, 0.6) is 5.75 Å². The van der Waals surface area contributed by atoms with Crippen molar-refractivity contribution >= 4 is 17.7 Å². The Morgan fingerprint density at radius 1 is 1.32 bits per heavy atom. The summed E-state index contributed by atoms with van der Waals surface area (Å²) in [5.74, 6) is 2.84. The molecule has 4 heteroatoms. The van der Waals surface area contributed by atoms with Crippen molar-refractivity contribution in [3.05, 3.63) is 29.8 Å². The van der Waals surface area contributed by atoms with Crippen LogP contribution in [0.25, 0.3) is 0 Å². The number of thioether (sulfide) groups is 1. The summed E-state index contributed by atoms with van der Waals surface area (Å²) in [5, 5.41) is 0. The van der Waals surface area contributed by atoms with Crippen molar-refractivity contribution in [2.75, 3.05) is 24.8 Å². The highest BCUT2D eigenvalue weighted by Gasteiger charge is 2.19. The van der Waals surface area contributed by atoms with Gasteiger partial charge in [0, 0.05) is 17.9 Å². The topological polar surface area (TPSA) is 29.5 Å². The van der Waals surface area contributed by atoms with Crippen molar-refractivity contribution in [1.29, 1.82) is 0 Å². The lowest BCUT2D eigenvalue weighted by Crippen LogP contribution is -2.27. The molecule has 0 N–H and O–H groups in total. The summed E-state index contributed by atoms with van der Waals surface area (Å²) >= 11 is 1.80. The smallest absolute Gasteiger partial charge is 0.254 e. The van der Waals surface area contributed by atoms with Crippen molar-refractivity contribution in [3.63, 3.8) is 0 Å². The molecule has 0 saturated carbocycles. The quantitative estimate of drug-likeness (QED) is 0.747. The number of hydrogen-bond donors (Lipinski definition) is 0. The summed E-state index contributed by atoms with van der Waals surface area (Å²) in [5.41, 5.74) is 0.753. The van der Waals surface area contributed by atoms with Crippen LogP contribution in [0.3, 0.4) is 0 Å². The fraction of sp³-hybridized carbons (Fsp3) is 0.533. The Balaban J connectivity index is 1.85. The van der Waals surface area contributed by atoms with E-state index in [4.69, 9.17) is 4.74 Å². The van der Waals surface area contributed by atoms with Crippen LogP contribution in [0, 0.1) is 0 Å². The lowest BCUT2D eigenvalue weighted by atomic mass is 10.2. The molecule has 1 aliphatic heterocycles.